The summed E-state index contributed by atoms with van der Waals surface area (Å²) in [5.41, 5.74) is 5.94. The fourth-order valence-electron chi connectivity index (χ4n) is 1.85. The lowest BCUT2D eigenvalue weighted by Gasteiger charge is -2.21. The molecule has 0 aliphatic heterocycles. The van der Waals surface area contributed by atoms with Gasteiger partial charge in [-0.25, -0.2) is 0 Å². The van der Waals surface area contributed by atoms with Gasteiger partial charge >= 0.3 is 0 Å². The van der Waals surface area contributed by atoms with E-state index in [-0.39, 0.29) is 17.7 Å². The first kappa shape index (κ1) is 16.6. The van der Waals surface area contributed by atoms with Crippen LogP contribution in [0.4, 0.5) is 0 Å². The molecule has 0 aliphatic rings. The highest BCUT2D eigenvalue weighted by Crippen LogP contribution is 2.24. The molecule has 1 atom stereocenters. The summed E-state index contributed by atoms with van der Waals surface area (Å²) >= 11 is 0. The fraction of sp³-hybridized carbons (Fsp3) is 0.429. The van der Waals surface area contributed by atoms with Gasteiger partial charge in [0.15, 0.2) is 5.84 Å². The van der Waals surface area contributed by atoms with Crippen molar-refractivity contribution >= 4 is 11.7 Å². The van der Waals surface area contributed by atoms with Gasteiger partial charge in [-0.1, -0.05) is 19.0 Å². The molecule has 116 valence electrons. The van der Waals surface area contributed by atoms with Crippen LogP contribution in [0.5, 0.6) is 11.5 Å². The van der Waals surface area contributed by atoms with Gasteiger partial charge in [0.05, 0.1) is 25.8 Å². The van der Waals surface area contributed by atoms with Crippen molar-refractivity contribution in [2.45, 2.75) is 19.9 Å². The Kier molecular flexibility index (Phi) is 5.83. The van der Waals surface area contributed by atoms with Crippen molar-refractivity contribution in [1.82, 2.24) is 5.32 Å². The number of hydrogen-bond acceptors (Lipinski definition) is 5. The van der Waals surface area contributed by atoms with Crippen molar-refractivity contribution in [1.29, 1.82) is 0 Å². The minimum absolute atomic E-state index is 0.0332. The van der Waals surface area contributed by atoms with Gasteiger partial charge in [0.1, 0.15) is 11.5 Å². The van der Waals surface area contributed by atoms with Gasteiger partial charge in [0.2, 0.25) is 0 Å². The molecule has 0 aromatic heterocycles. The Morgan fingerprint density at radius 2 is 2.00 bits per heavy atom. The molecule has 0 spiro atoms. The second-order valence-corrected chi connectivity index (χ2v) is 4.79. The standard InChI is InChI=1S/C14H21N3O4/c1-8(2)12(13(15)17-19)16-14(18)10-6-5-9(20-3)7-11(10)21-4/h5-8,12,19H,1-4H3,(H2,15,17)(H,16,18). The Labute approximate surface area is 123 Å². The zero-order chi connectivity index (χ0) is 16.0. The average molecular weight is 295 g/mol. The minimum atomic E-state index is -0.575. The van der Waals surface area contributed by atoms with E-state index in [0.29, 0.717) is 17.1 Å². The van der Waals surface area contributed by atoms with Crippen LogP contribution in [0.3, 0.4) is 0 Å². The molecule has 1 amide bonds. The van der Waals surface area contributed by atoms with Gasteiger partial charge in [0.25, 0.3) is 5.91 Å². The number of amidine groups is 1. The smallest absolute Gasteiger partial charge is 0.255 e. The Morgan fingerprint density at radius 1 is 1.33 bits per heavy atom. The number of ether oxygens (including phenoxy) is 2. The zero-order valence-electron chi connectivity index (χ0n) is 12.6. The molecular weight excluding hydrogens is 274 g/mol. The van der Waals surface area contributed by atoms with Crippen molar-refractivity contribution in [2.24, 2.45) is 16.8 Å². The Balaban J connectivity index is 3.03. The summed E-state index contributed by atoms with van der Waals surface area (Å²) < 4.78 is 10.3. The van der Waals surface area contributed by atoms with E-state index in [1.54, 1.807) is 18.2 Å². The predicted molar refractivity (Wildman–Crippen MR) is 79.0 cm³/mol. The van der Waals surface area contributed by atoms with E-state index >= 15 is 0 Å². The molecule has 1 unspecified atom stereocenters. The Morgan fingerprint density at radius 3 is 2.48 bits per heavy atom. The number of carbonyl (C=O) groups is 1. The van der Waals surface area contributed by atoms with Crippen LogP contribution in [0.1, 0.15) is 24.2 Å². The molecule has 1 aromatic carbocycles. The molecule has 1 aromatic rings. The van der Waals surface area contributed by atoms with Gasteiger partial charge in [-0.3, -0.25) is 4.79 Å². The fourth-order valence-corrected chi connectivity index (χ4v) is 1.85. The van der Waals surface area contributed by atoms with Gasteiger partial charge in [-0.2, -0.15) is 0 Å². The maximum absolute atomic E-state index is 12.3. The second kappa shape index (κ2) is 7.37. The Bertz CT molecular complexity index is 529. The maximum Gasteiger partial charge on any atom is 0.255 e. The highest BCUT2D eigenvalue weighted by Gasteiger charge is 2.23. The highest BCUT2D eigenvalue weighted by molar-refractivity contribution is 6.00. The number of amides is 1. The minimum Gasteiger partial charge on any atom is -0.497 e. The maximum atomic E-state index is 12.3. The third-order valence-corrected chi connectivity index (χ3v) is 3.04. The third kappa shape index (κ3) is 4.01. The molecule has 0 radical (unpaired) electrons. The first-order chi connectivity index (χ1) is 9.94. The monoisotopic (exact) mass is 295 g/mol. The lowest BCUT2D eigenvalue weighted by molar-refractivity contribution is 0.0935. The van der Waals surface area contributed by atoms with E-state index in [2.05, 4.69) is 10.5 Å². The summed E-state index contributed by atoms with van der Waals surface area (Å²) in [6, 6.07) is 4.29. The number of benzene rings is 1. The number of carbonyl (C=O) groups excluding carboxylic acids is 1. The van der Waals surface area contributed by atoms with Crippen LogP contribution in [-0.2, 0) is 0 Å². The predicted octanol–water partition coefficient (Wildman–Crippen LogP) is 1.20. The summed E-state index contributed by atoms with van der Waals surface area (Å²) in [5, 5.41) is 14.5. The van der Waals surface area contributed by atoms with Crippen molar-refractivity contribution in [3.8, 4) is 11.5 Å². The second-order valence-electron chi connectivity index (χ2n) is 4.79. The highest BCUT2D eigenvalue weighted by atomic mass is 16.5. The Hall–Kier alpha value is -2.44. The quantitative estimate of drug-likeness (QED) is 0.316. The number of nitrogens with two attached hydrogens (primary N) is 1. The van der Waals surface area contributed by atoms with Crippen molar-refractivity contribution in [3.05, 3.63) is 23.8 Å². The summed E-state index contributed by atoms with van der Waals surface area (Å²) in [5.74, 6) is 0.508. The molecule has 0 heterocycles. The molecule has 21 heavy (non-hydrogen) atoms. The van der Waals surface area contributed by atoms with E-state index in [4.69, 9.17) is 20.4 Å². The first-order valence-electron chi connectivity index (χ1n) is 6.44. The number of oxime groups is 1. The molecule has 0 bridgehead atoms. The van der Waals surface area contributed by atoms with Crippen LogP contribution >= 0.6 is 0 Å². The normalized spacial score (nSPS) is 12.9. The summed E-state index contributed by atoms with van der Waals surface area (Å²) in [7, 11) is 3.00. The number of methoxy groups -OCH3 is 2. The van der Waals surface area contributed by atoms with Crippen molar-refractivity contribution in [2.75, 3.05) is 14.2 Å². The van der Waals surface area contributed by atoms with E-state index in [9.17, 15) is 4.79 Å². The van der Waals surface area contributed by atoms with E-state index in [1.807, 2.05) is 13.8 Å². The SMILES string of the molecule is COc1ccc(C(=O)NC(C(N)=NO)C(C)C)c(OC)c1. The lowest BCUT2D eigenvalue weighted by Crippen LogP contribution is -2.47. The number of nitrogens with one attached hydrogen (secondary N) is 1. The topological polar surface area (TPSA) is 106 Å². The zero-order valence-corrected chi connectivity index (χ0v) is 12.6. The summed E-state index contributed by atoms with van der Waals surface area (Å²) in [6.07, 6.45) is 0. The molecule has 0 saturated heterocycles. The largest absolute Gasteiger partial charge is 0.497 e. The molecule has 0 fully saturated rings. The van der Waals surface area contributed by atoms with Crippen LogP contribution in [0.2, 0.25) is 0 Å². The molecule has 0 saturated carbocycles. The van der Waals surface area contributed by atoms with Gasteiger partial charge in [-0.15, -0.1) is 0 Å². The van der Waals surface area contributed by atoms with Crippen molar-refractivity contribution in [3.63, 3.8) is 0 Å². The first-order valence-corrected chi connectivity index (χ1v) is 6.44. The van der Waals surface area contributed by atoms with Crippen LogP contribution in [0.15, 0.2) is 23.4 Å². The summed E-state index contributed by atoms with van der Waals surface area (Å²) in [6.45, 7) is 3.71. The van der Waals surface area contributed by atoms with Gasteiger partial charge < -0.3 is 25.7 Å². The summed E-state index contributed by atoms with van der Waals surface area (Å²) in [4.78, 5) is 12.3. The molecule has 7 nitrogen and oxygen atoms in total. The van der Waals surface area contributed by atoms with Crippen LogP contribution in [0.25, 0.3) is 0 Å². The van der Waals surface area contributed by atoms with Crippen LogP contribution in [0, 0.1) is 5.92 Å². The average Bonchev–Trinajstić information content (AvgIpc) is 2.50. The van der Waals surface area contributed by atoms with Gasteiger partial charge in [0, 0.05) is 6.07 Å². The molecule has 1 rings (SSSR count). The molecular formula is C14H21N3O4. The van der Waals surface area contributed by atoms with Crippen LogP contribution < -0.4 is 20.5 Å². The third-order valence-electron chi connectivity index (χ3n) is 3.04. The number of nitrogens with zero attached hydrogens (tertiary/aromatic N) is 1. The van der Waals surface area contributed by atoms with Crippen LogP contribution in [-0.4, -0.2) is 37.2 Å². The number of hydrogen-bond donors (Lipinski definition) is 3. The number of rotatable bonds is 6. The molecule has 0 aliphatic carbocycles. The van der Waals surface area contributed by atoms with E-state index < -0.39 is 6.04 Å². The molecule has 7 heteroatoms. The van der Waals surface area contributed by atoms with E-state index in [0.717, 1.165) is 0 Å². The molecule has 4 N–H and O–H groups in total. The van der Waals surface area contributed by atoms with Gasteiger partial charge in [-0.05, 0) is 18.1 Å². The van der Waals surface area contributed by atoms with E-state index in [1.165, 1.54) is 14.2 Å². The lowest BCUT2D eigenvalue weighted by atomic mass is 10.0. The van der Waals surface area contributed by atoms with Crippen molar-refractivity contribution < 1.29 is 19.5 Å².